The molecule has 0 radical (unpaired) electrons. The minimum atomic E-state index is 0.207. The summed E-state index contributed by atoms with van der Waals surface area (Å²) in [5.74, 6) is 2.62. The monoisotopic (exact) mass is 302 g/mol. The molecule has 2 heteroatoms. The van der Waals surface area contributed by atoms with Gasteiger partial charge in [0.1, 0.15) is 5.75 Å². The van der Waals surface area contributed by atoms with Crippen LogP contribution in [0.15, 0.2) is 24.3 Å². The summed E-state index contributed by atoms with van der Waals surface area (Å²) in [6.45, 7) is 6.71. The van der Waals surface area contributed by atoms with Crippen LogP contribution in [0.5, 0.6) is 5.75 Å². The highest BCUT2D eigenvalue weighted by atomic mass is 16.5. The van der Waals surface area contributed by atoms with Gasteiger partial charge in [0.05, 0.1) is 19.3 Å². The van der Waals surface area contributed by atoms with Crippen molar-refractivity contribution in [3.8, 4) is 5.75 Å². The fourth-order valence-corrected chi connectivity index (χ4v) is 4.93. The molecule has 0 aliphatic heterocycles. The normalized spacial score (nSPS) is 32.9. The molecule has 22 heavy (non-hydrogen) atoms. The van der Waals surface area contributed by atoms with E-state index in [1.165, 1.54) is 31.2 Å². The lowest BCUT2D eigenvalue weighted by Crippen LogP contribution is -2.45. The van der Waals surface area contributed by atoms with Gasteiger partial charge in [0, 0.05) is 5.41 Å². The van der Waals surface area contributed by atoms with Gasteiger partial charge in [0.25, 0.3) is 0 Å². The van der Waals surface area contributed by atoms with Crippen LogP contribution in [0.2, 0.25) is 0 Å². The van der Waals surface area contributed by atoms with Crippen molar-refractivity contribution in [3.63, 3.8) is 0 Å². The van der Waals surface area contributed by atoms with Crippen LogP contribution < -0.4 is 4.74 Å². The van der Waals surface area contributed by atoms with Gasteiger partial charge in [-0.05, 0) is 69.1 Å². The van der Waals surface area contributed by atoms with E-state index >= 15 is 0 Å². The van der Waals surface area contributed by atoms with Crippen LogP contribution in [0.3, 0.4) is 0 Å². The molecule has 0 amide bonds. The lowest BCUT2D eigenvalue weighted by molar-refractivity contribution is -0.0552. The Morgan fingerprint density at radius 2 is 1.91 bits per heavy atom. The van der Waals surface area contributed by atoms with Crippen LogP contribution in [0.1, 0.15) is 58.4 Å². The maximum Gasteiger partial charge on any atom is 0.118 e. The van der Waals surface area contributed by atoms with Crippen molar-refractivity contribution in [2.75, 3.05) is 7.11 Å². The topological polar surface area (TPSA) is 18.5 Å². The third-order valence-corrected chi connectivity index (χ3v) is 6.26. The highest BCUT2D eigenvalue weighted by molar-refractivity contribution is 5.36. The van der Waals surface area contributed by atoms with Crippen molar-refractivity contribution in [2.24, 2.45) is 11.8 Å². The molecule has 5 unspecified atom stereocenters. The molecule has 2 nitrogen and oxygen atoms in total. The van der Waals surface area contributed by atoms with Crippen LogP contribution in [-0.2, 0) is 10.2 Å². The quantitative estimate of drug-likeness (QED) is 0.739. The van der Waals surface area contributed by atoms with Gasteiger partial charge < -0.3 is 9.47 Å². The summed E-state index contributed by atoms with van der Waals surface area (Å²) in [5, 5.41) is 0. The Labute approximate surface area is 135 Å². The molecule has 1 aromatic carbocycles. The first-order valence-electron chi connectivity index (χ1n) is 8.90. The van der Waals surface area contributed by atoms with Crippen molar-refractivity contribution in [2.45, 2.75) is 70.5 Å². The molecule has 2 aliphatic carbocycles. The molecule has 0 N–H and O–H groups in total. The second-order valence-corrected chi connectivity index (χ2v) is 7.35. The van der Waals surface area contributed by atoms with Crippen LogP contribution in [-0.4, -0.2) is 19.3 Å². The van der Waals surface area contributed by atoms with Gasteiger partial charge in [-0.2, -0.15) is 0 Å². The van der Waals surface area contributed by atoms with Crippen LogP contribution in [0, 0.1) is 11.8 Å². The molecule has 0 heterocycles. The molecular weight excluding hydrogens is 272 g/mol. The molecule has 122 valence electrons. The van der Waals surface area contributed by atoms with Crippen molar-refractivity contribution in [1.82, 2.24) is 0 Å². The number of hydrogen-bond donors (Lipinski definition) is 0. The van der Waals surface area contributed by atoms with Gasteiger partial charge in [-0.3, -0.25) is 0 Å². The van der Waals surface area contributed by atoms with E-state index in [0.717, 1.165) is 24.0 Å². The zero-order chi connectivity index (χ0) is 15.7. The number of hydrogen-bond acceptors (Lipinski definition) is 2. The predicted octanol–water partition coefficient (Wildman–Crippen LogP) is 4.96. The van der Waals surface area contributed by atoms with Crippen molar-refractivity contribution >= 4 is 0 Å². The second kappa shape index (κ2) is 6.23. The molecule has 5 atom stereocenters. The Bertz CT molecular complexity index is 495. The smallest absolute Gasteiger partial charge is 0.118 e. The zero-order valence-electron chi connectivity index (χ0n) is 14.5. The minimum Gasteiger partial charge on any atom is -0.497 e. The van der Waals surface area contributed by atoms with Crippen molar-refractivity contribution < 1.29 is 9.47 Å². The van der Waals surface area contributed by atoms with E-state index in [0.29, 0.717) is 6.10 Å². The third kappa shape index (κ3) is 2.56. The summed E-state index contributed by atoms with van der Waals surface area (Å²) in [4.78, 5) is 0. The summed E-state index contributed by atoms with van der Waals surface area (Å²) in [5.41, 5.74) is 1.66. The van der Waals surface area contributed by atoms with Crippen molar-refractivity contribution in [1.29, 1.82) is 0 Å². The first-order chi connectivity index (χ1) is 10.6. The Kier molecular flexibility index (Phi) is 4.49. The summed E-state index contributed by atoms with van der Waals surface area (Å²) >= 11 is 0. The molecule has 3 rings (SSSR count). The highest BCUT2D eigenvalue weighted by Gasteiger charge is 2.55. The molecule has 1 aromatic rings. The number of fused-ring (bicyclic) bond motifs is 2. The van der Waals surface area contributed by atoms with E-state index in [2.05, 4.69) is 45.0 Å². The van der Waals surface area contributed by atoms with Gasteiger partial charge >= 0.3 is 0 Å². The summed E-state index contributed by atoms with van der Waals surface area (Å²) < 4.78 is 11.8. The first kappa shape index (κ1) is 15.9. The fraction of sp³-hybridized carbons (Fsp3) is 0.700. The van der Waals surface area contributed by atoms with E-state index in [-0.39, 0.29) is 11.5 Å². The van der Waals surface area contributed by atoms with Gasteiger partial charge in [-0.25, -0.2) is 0 Å². The number of rotatable bonds is 6. The van der Waals surface area contributed by atoms with E-state index in [1.807, 2.05) is 0 Å². The molecule has 0 saturated heterocycles. The Morgan fingerprint density at radius 3 is 2.41 bits per heavy atom. The standard InChI is InChI=1S/C20H30O2/c1-5-14(2)22-15(3)20(13-16-6-7-18(20)12-16)17-8-10-19(21-4)11-9-17/h8-11,14-16,18H,5-7,12-13H2,1-4H3. The average molecular weight is 302 g/mol. The zero-order valence-corrected chi connectivity index (χ0v) is 14.5. The molecule has 2 bridgehead atoms. The summed E-state index contributed by atoms with van der Waals surface area (Å²) in [6.07, 6.45) is 7.16. The van der Waals surface area contributed by atoms with Crippen molar-refractivity contribution in [3.05, 3.63) is 29.8 Å². The van der Waals surface area contributed by atoms with Gasteiger partial charge in [0.15, 0.2) is 0 Å². The molecule has 2 fully saturated rings. The maximum atomic E-state index is 6.42. The van der Waals surface area contributed by atoms with Gasteiger partial charge in [0.2, 0.25) is 0 Å². The maximum absolute atomic E-state index is 6.42. The lowest BCUT2D eigenvalue weighted by atomic mass is 9.65. The lowest BCUT2D eigenvalue weighted by Gasteiger charge is -2.44. The summed E-state index contributed by atoms with van der Waals surface area (Å²) in [7, 11) is 1.73. The number of ether oxygens (including phenoxy) is 2. The molecule has 0 aromatic heterocycles. The fourth-order valence-electron chi connectivity index (χ4n) is 4.93. The number of benzene rings is 1. The Hall–Kier alpha value is -1.02. The molecule has 2 aliphatic rings. The third-order valence-electron chi connectivity index (χ3n) is 6.26. The average Bonchev–Trinajstić information content (AvgIpc) is 3.16. The summed E-state index contributed by atoms with van der Waals surface area (Å²) in [6, 6.07) is 8.77. The molecular formula is C20H30O2. The minimum absolute atomic E-state index is 0.207. The Morgan fingerprint density at radius 1 is 1.18 bits per heavy atom. The van der Waals surface area contributed by atoms with Crippen LogP contribution in [0.4, 0.5) is 0 Å². The second-order valence-electron chi connectivity index (χ2n) is 7.35. The van der Waals surface area contributed by atoms with E-state index in [4.69, 9.17) is 9.47 Å². The SMILES string of the molecule is CCC(C)OC(C)C1(c2ccc(OC)cc2)CC2CCC1C2. The number of methoxy groups -OCH3 is 1. The van der Waals surface area contributed by atoms with E-state index in [1.54, 1.807) is 7.11 Å². The predicted molar refractivity (Wildman–Crippen MR) is 90.4 cm³/mol. The van der Waals surface area contributed by atoms with Crippen LogP contribution >= 0.6 is 0 Å². The highest BCUT2D eigenvalue weighted by Crippen LogP contribution is 2.59. The molecule has 0 spiro atoms. The first-order valence-corrected chi connectivity index (χ1v) is 8.90. The van der Waals surface area contributed by atoms with Crippen LogP contribution in [0.25, 0.3) is 0 Å². The van der Waals surface area contributed by atoms with E-state index in [9.17, 15) is 0 Å². The Balaban J connectivity index is 1.93. The van der Waals surface area contributed by atoms with E-state index < -0.39 is 0 Å². The van der Waals surface area contributed by atoms with Gasteiger partial charge in [-0.1, -0.05) is 25.5 Å². The largest absolute Gasteiger partial charge is 0.497 e. The van der Waals surface area contributed by atoms with Gasteiger partial charge in [-0.15, -0.1) is 0 Å². The molecule has 2 saturated carbocycles.